The van der Waals surface area contributed by atoms with E-state index in [1.165, 1.54) is 0 Å². The van der Waals surface area contributed by atoms with Gasteiger partial charge < -0.3 is 4.74 Å². The molecular weight excluding hydrogens is 213 g/mol. The lowest BCUT2D eigenvalue weighted by Crippen LogP contribution is -2.01. The molecule has 0 aliphatic rings. The van der Waals surface area contributed by atoms with E-state index in [2.05, 4.69) is 22.1 Å². The Morgan fingerprint density at radius 1 is 1.31 bits per heavy atom. The zero-order valence-electron chi connectivity index (χ0n) is 7.13. The van der Waals surface area contributed by atoms with E-state index in [0.29, 0.717) is 6.61 Å². The second kappa shape index (κ2) is 5.19. The molecule has 0 aliphatic heterocycles. The number of unbranched alkanes of at least 4 members (excludes halogenated alkanes) is 1. The van der Waals surface area contributed by atoms with Gasteiger partial charge in [-0.2, -0.15) is 4.98 Å². The highest BCUT2D eigenvalue weighted by atomic mass is 35.5. The molecule has 0 saturated carbocycles. The van der Waals surface area contributed by atoms with E-state index in [0.717, 1.165) is 12.8 Å². The Kier molecular flexibility index (Phi) is 4.18. The standard InChI is InChI=1S/C7H9Cl2N3O/c1-2-3-4-13-6-5(8)11-12-7(9)10-6/h2-4H2,1H3. The van der Waals surface area contributed by atoms with Crippen LogP contribution < -0.4 is 4.74 Å². The van der Waals surface area contributed by atoms with Crippen molar-refractivity contribution < 1.29 is 4.74 Å². The first-order valence-corrected chi connectivity index (χ1v) is 4.68. The number of hydrogen-bond donors (Lipinski definition) is 0. The van der Waals surface area contributed by atoms with Gasteiger partial charge in [-0.3, -0.25) is 0 Å². The number of ether oxygens (including phenoxy) is 1. The van der Waals surface area contributed by atoms with Gasteiger partial charge in [-0.15, -0.1) is 10.2 Å². The van der Waals surface area contributed by atoms with Gasteiger partial charge in [0.15, 0.2) is 0 Å². The molecule has 0 unspecified atom stereocenters. The monoisotopic (exact) mass is 221 g/mol. The Labute approximate surface area is 86.2 Å². The zero-order valence-corrected chi connectivity index (χ0v) is 8.64. The van der Waals surface area contributed by atoms with Gasteiger partial charge >= 0.3 is 0 Å². The van der Waals surface area contributed by atoms with Crippen LogP contribution in [0.1, 0.15) is 19.8 Å². The summed E-state index contributed by atoms with van der Waals surface area (Å²) in [5.41, 5.74) is 0. The topological polar surface area (TPSA) is 47.9 Å². The molecule has 72 valence electrons. The maximum Gasteiger partial charge on any atom is 0.256 e. The van der Waals surface area contributed by atoms with E-state index in [9.17, 15) is 0 Å². The molecule has 0 N–H and O–H groups in total. The SMILES string of the molecule is CCCCOc1nc(Cl)nnc1Cl. The van der Waals surface area contributed by atoms with Gasteiger partial charge in [-0.05, 0) is 18.0 Å². The Bertz CT molecular complexity index is 282. The van der Waals surface area contributed by atoms with Gasteiger partial charge in [0.2, 0.25) is 10.4 Å². The Morgan fingerprint density at radius 3 is 2.77 bits per heavy atom. The van der Waals surface area contributed by atoms with Crippen molar-refractivity contribution in [3.63, 3.8) is 0 Å². The predicted octanol–water partition coefficient (Wildman–Crippen LogP) is 2.36. The highest BCUT2D eigenvalue weighted by Crippen LogP contribution is 2.19. The van der Waals surface area contributed by atoms with Gasteiger partial charge in [-0.25, -0.2) is 0 Å². The van der Waals surface area contributed by atoms with E-state index >= 15 is 0 Å². The summed E-state index contributed by atoms with van der Waals surface area (Å²) in [6.07, 6.45) is 1.99. The summed E-state index contributed by atoms with van der Waals surface area (Å²) in [6.45, 7) is 2.63. The van der Waals surface area contributed by atoms with Gasteiger partial charge in [0, 0.05) is 0 Å². The fourth-order valence-electron chi connectivity index (χ4n) is 0.685. The highest BCUT2D eigenvalue weighted by Gasteiger charge is 2.06. The van der Waals surface area contributed by atoms with Crippen molar-refractivity contribution in [2.45, 2.75) is 19.8 Å². The van der Waals surface area contributed by atoms with Crippen molar-refractivity contribution in [1.29, 1.82) is 0 Å². The Balaban J connectivity index is 2.59. The highest BCUT2D eigenvalue weighted by molar-refractivity contribution is 6.31. The third-order valence-corrected chi connectivity index (χ3v) is 1.72. The van der Waals surface area contributed by atoms with Crippen LogP contribution in [0, 0.1) is 0 Å². The van der Waals surface area contributed by atoms with Crippen LogP contribution in [0.5, 0.6) is 5.88 Å². The predicted molar refractivity (Wildman–Crippen MR) is 50.3 cm³/mol. The molecular formula is C7H9Cl2N3O. The molecule has 0 aromatic carbocycles. The lowest BCUT2D eigenvalue weighted by atomic mass is 10.4. The second-order valence-corrected chi connectivity index (χ2v) is 3.07. The maximum absolute atomic E-state index is 5.66. The van der Waals surface area contributed by atoms with Crippen LogP contribution in [0.4, 0.5) is 0 Å². The van der Waals surface area contributed by atoms with Gasteiger partial charge in [0.25, 0.3) is 5.88 Å². The summed E-state index contributed by atoms with van der Waals surface area (Å²) in [5.74, 6) is 0.245. The van der Waals surface area contributed by atoms with E-state index < -0.39 is 0 Å². The summed E-state index contributed by atoms with van der Waals surface area (Å²) in [4.78, 5) is 3.78. The summed E-state index contributed by atoms with van der Waals surface area (Å²) in [7, 11) is 0. The molecule has 0 amide bonds. The lowest BCUT2D eigenvalue weighted by Gasteiger charge is -2.03. The summed E-state index contributed by atoms with van der Waals surface area (Å²) in [5, 5.41) is 7.19. The van der Waals surface area contributed by atoms with Crippen LogP contribution in [0.2, 0.25) is 10.4 Å². The minimum Gasteiger partial charge on any atom is -0.475 e. The first-order chi connectivity index (χ1) is 6.24. The van der Waals surface area contributed by atoms with Crippen LogP contribution in [-0.4, -0.2) is 21.8 Å². The molecule has 0 spiro atoms. The largest absolute Gasteiger partial charge is 0.475 e. The van der Waals surface area contributed by atoms with Crippen LogP contribution in [0.25, 0.3) is 0 Å². The smallest absolute Gasteiger partial charge is 0.256 e. The number of hydrogen-bond acceptors (Lipinski definition) is 4. The maximum atomic E-state index is 5.66. The van der Waals surface area contributed by atoms with Crippen LogP contribution in [0.3, 0.4) is 0 Å². The van der Waals surface area contributed by atoms with Crippen molar-refractivity contribution in [3.05, 3.63) is 10.4 Å². The average molecular weight is 222 g/mol. The molecule has 13 heavy (non-hydrogen) atoms. The molecule has 0 atom stereocenters. The molecule has 0 bridgehead atoms. The fourth-order valence-corrected chi connectivity index (χ4v) is 0.934. The minimum atomic E-state index is 0.0379. The van der Waals surface area contributed by atoms with Crippen molar-refractivity contribution in [3.8, 4) is 5.88 Å². The molecule has 4 nitrogen and oxygen atoms in total. The van der Waals surface area contributed by atoms with E-state index in [1.54, 1.807) is 0 Å². The number of halogens is 2. The molecule has 0 radical (unpaired) electrons. The molecule has 1 aromatic rings. The first-order valence-electron chi connectivity index (χ1n) is 3.92. The fraction of sp³-hybridized carbons (Fsp3) is 0.571. The summed E-state index contributed by atoms with van der Waals surface area (Å²) in [6, 6.07) is 0. The molecule has 1 heterocycles. The van der Waals surface area contributed by atoms with Crippen molar-refractivity contribution in [1.82, 2.24) is 15.2 Å². The molecule has 1 rings (SSSR count). The van der Waals surface area contributed by atoms with Crippen molar-refractivity contribution >= 4 is 23.2 Å². The number of aromatic nitrogens is 3. The van der Waals surface area contributed by atoms with Crippen LogP contribution >= 0.6 is 23.2 Å². The third kappa shape index (κ3) is 3.32. The molecule has 1 aromatic heterocycles. The molecule has 6 heteroatoms. The van der Waals surface area contributed by atoms with E-state index in [4.69, 9.17) is 27.9 Å². The van der Waals surface area contributed by atoms with Gasteiger partial charge in [0.1, 0.15) is 0 Å². The van der Waals surface area contributed by atoms with E-state index in [1.807, 2.05) is 0 Å². The van der Waals surface area contributed by atoms with Crippen LogP contribution in [-0.2, 0) is 0 Å². The van der Waals surface area contributed by atoms with Crippen molar-refractivity contribution in [2.75, 3.05) is 6.61 Å². The van der Waals surface area contributed by atoms with Gasteiger partial charge in [0.05, 0.1) is 6.61 Å². The quantitative estimate of drug-likeness (QED) is 0.733. The number of rotatable bonds is 4. The Morgan fingerprint density at radius 2 is 2.08 bits per heavy atom. The van der Waals surface area contributed by atoms with Crippen molar-refractivity contribution in [2.24, 2.45) is 0 Å². The minimum absolute atomic E-state index is 0.0379. The second-order valence-electron chi connectivity index (χ2n) is 2.38. The lowest BCUT2D eigenvalue weighted by molar-refractivity contribution is 0.295. The molecule has 0 fully saturated rings. The zero-order chi connectivity index (χ0) is 9.68. The first kappa shape index (κ1) is 10.5. The molecule has 0 aliphatic carbocycles. The average Bonchev–Trinajstić information content (AvgIpc) is 2.11. The number of nitrogens with zero attached hydrogens (tertiary/aromatic N) is 3. The van der Waals surface area contributed by atoms with Gasteiger partial charge in [-0.1, -0.05) is 24.9 Å². The molecule has 0 saturated heterocycles. The summed E-state index contributed by atoms with van der Waals surface area (Å²) >= 11 is 11.2. The normalized spacial score (nSPS) is 10.1. The summed E-state index contributed by atoms with van der Waals surface area (Å²) < 4.78 is 5.23. The van der Waals surface area contributed by atoms with Crippen LogP contribution in [0.15, 0.2) is 0 Å². The third-order valence-electron chi connectivity index (χ3n) is 1.33. The Hall–Kier alpha value is -0.610. The van der Waals surface area contributed by atoms with E-state index in [-0.39, 0.29) is 16.3 Å².